The van der Waals surface area contributed by atoms with Gasteiger partial charge in [0.1, 0.15) is 24.4 Å². The van der Waals surface area contributed by atoms with Gasteiger partial charge < -0.3 is 45.1 Å². The Bertz CT molecular complexity index is 1780. The molecule has 11 nitrogen and oxygen atoms in total. The highest BCUT2D eigenvalue weighted by atomic mass is 16.7. The lowest BCUT2D eigenvalue weighted by atomic mass is 9.99. The van der Waals surface area contributed by atoms with Gasteiger partial charge in [0.15, 0.2) is 12.4 Å². The van der Waals surface area contributed by atoms with E-state index in [2.05, 4.69) is 117 Å². The van der Waals surface area contributed by atoms with Gasteiger partial charge in [0.05, 0.1) is 25.4 Å². The predicted octanol–water partition coefficient (Wildman–Crippen LogP) is 15.8. The molecule has 0 radical (unpaired) electrons. The number of carbonyl (C=O) groups excluding carboxylic acids is 2. The van der Waals surface area contributed by atoms with Crippen LogP contribution in [0.5, 0.6) is 0 Å². The molecule has 1 fully saturated rings. The van der Waals surface area contributed by atoms with Gasteiger partial charge in [-0.15, -0.1) is 0 Å². The monoisotopic (exact) mass is 1130 g/mol. The fourth-order valence-electron chi connectivity index (χ4n) is 9.26. The van der Waals surface area contributed by atoms with E-state index < -0.39 is 67.4 Å². The number of rotatable bonds is 53. The van der Waals surface area contributed by atoms with E-state index in [0.29, 0.717) is 12.8 Å². The highest BCUT2D eigenvalue weighted by Gasteiger charge is 2.47. The van der Waals surface area contributed by atoms with Crippen molar-refractivity contribution in [2.24, 2.45) is 0 Å². The van der Waals surface area contributed by atoms with E-state index in [-0.39, 0.29) is 19.4 Å². The fourth-order valence-corrected chi connectivity index (χ4v) is 9.26. The zero-order chi connectivity index (χ0) is 58.9. The molecule has 0 aliphatic carbocycles. The Morgan fingerprint density at radius 1 is 0.494 bits per heavy atom. The first-order chi connectivity index (χ1) is 39.7. The molecule has 0 saturated carbocycles. The Labute approximate surface area is 493 Å². The van der Waals surface area contributed by atoms with Crippen LogP contribution in [-0.4, -0.2) is 99.6 Å². The topological polar surface area (TPSA) is 175 Å². The molecule has 1 saturated heterocycles. The molecule has 462 valence electrons. The van der Waals surface area contributed by atoms with Crippen molar-refractivity contribution in [3.8, 4) is 0 Å². The maximum Gasteiger partial charge on any atom is 0.306 e. The quantitative estimate of drug-likeness (QED) is 0.0195. The summed E-state index contributed by atoms with van der Waals surface area (Å²) in [6.07, 6.45) is 68.2. The summed E-state index contributed by atoms with van der Waals surface area (Å²) in [6, 6.07) is -1.07. The van der Waals surface area contributed by atoms with Crippen molar-refractivity contribution in [2.45, 2.75) is 294 Å². The van der Waals surface area contributed by atoms with E-state index in [1.54, 1.807) is 12.2 Å². The molecule has 8 unspecified atom stereocenters. The second-order valence-electron chi connectivity index (χ2n) is 21.8. The minimum Gasteiger partial charge on any atom is -0.454 e. The molecule has 1 rings (SSSR count). The molecular formula is C70H117NO10. The van der Waals surface area contributed by atoms with Crippen molar-refractivity contribution in [3.05, 3.63) is 122 Å². The Kier molecular flexibility index (Phi) is 52.4. The Hall–Kier alpha value is -3.94. The standard InChI is InChI=1S/C70H117NO10/c1-4-7-10-13-16-19-22-25-27-29-31-32-33-35-37-40-43-46-49-52-55-58-65(75)81-68-67(77)66(76)64(59-72)80-70(68)79-60-61(62(73)56-53-50-47-44-41-38-24-21-18-15-12-9-6-3)71-69(78)63(74)57-54-51-48-45-42-39-36-34-30-28-26-23-20-17-14-11-8-5-2/h8,11,16-17,19-20,25-28,31-32,34,36,42,45,51,53-54,56,61-64,66-68,70,72-74,76-77H,4-7,9-10,12-15,18,21-24,29-30,33,35,37-41,43-44,46-50,52,55,57-60H2,1-3H3,(H,71,78)/b11-8-,19-16-,20-17-,27-25-,28-26-,32-31-,36-34-,45-42-,54-51-,56-53+. The summed E-state index contributed by atoms with van der Waals surface area (Å²) in [6.45, 7) is 5.60. The lowest BCUT2D eigenvalue weighted by Crippen LogP contribution is -2.61. The van der Waals surface area contributed by atoms with Crippen LogP contribution in [0.3, 0.4) is 0 Å². The third-order valence-corrected chi connectivity index (χ3v) is 14.4. The van der Waals surface area contributed by atoms with Gasteiger partial charge in [0.25, 0.3) is 0 Å². The Balaban J connectivity index is 2.72. The molecule has 1 amide bonds. The minimum atomic E-state index is -1.64. The molecule has 1 aliphatic rings. The number of unbranched alkanes of at least 4 members (excludes halogenated alkanes) is 22. The Morgan fingerprint density at radius 3 is 1.36 bits per heavy atom. The van der Waals surface area contributed by atoms with Crippen LogP contribution in [0.4, 0.5) is 0 Å². The van der Waals surface area contributed by atoms with Crippen molar-refractivity contribution in [1.29, 1.82) is 0 Å². The average molecular weight is 1130 g/mol. The molecule has 81 heavy (non-hydrogen) atoms. The first kappa shape index (κ1) is 75.1. The van der Waals surface area contributed by atoms with Crippen LogP contribution in [0.2, 0.25) is 0 Å². The summed E-state index contributed by atoms with van der Waals surface area (Å²) in [4.78, 5) is 26.6. The zero-order valence-electron chi connectivity index (χ0n) is 51.1. The SMILES string of the molecule is CC/C=C\C/C=C\C/C=C\C/C=C\C/C=C\C/C=C\CC(O)C(=O)NC(COC1OC(CO)C(O)C(O)C1OC(=O)CCCCCCCCCC/C=C\C/C=C\C/C=C\CCCCC)C(O)/C=C/CCCCCCCCCCCCC. The van der Waals surface area contributed by atoms with E-state index in [4.69, 9.17) is 14.2 Å². The smallest absolute Gasteiger partial charge is 0.306 e. The molecule has 1 heterocycles. The van der Waals surface area contributed by atoms with Crippen LogP contribution in [-0.2, 0) is 23.8 Å². The largest absolute Gasteiger partial charge is 0.454 e. The summed E-state index contributed by atoms with van der Waals surface area (Å²) < 4.78 is 17.6. The van der Waals surface area contributed by atoms with Crippen molar-refractivity contribution in [1.82, 2.24) is 5.32 Å². The van der Waals surface area contributed by atoms with Crippen molar-refractivity contribution in [3.63, 3.8) is 0 Å². The number of carbonyl (C=O) groups is 2. The number of aliphatic hydroxyl groups excluding tert-OH is 5. The number of esters is 1. The number of amides is 1. The number of aliphatic hydroxyl groups is 5. The van der Waals surface area contributed by atoms with E-state index in [9.17, 15) is 35.1 Å². The maximum atomic E-state index is 13.4. The van der Waals surface area contributed by atoms with Crippen LogP contribution < -0.4 is 5.32 Å². The molecular weight excluding hydrogens is 1010 g/mol. The third kappa shape index (κ3) is 44.3. The number of hydrogen-bond donors (Lipinski definition) is 6. The average Bonchev–Trinajstić information content (AvgIpc) is 3.46. The fraction of sp³-hybridized carbons (Fsp3) is 0.686. The van der Waals surface area contributed by atoms with Gasteiger partial charge >= 0.3 is 5.97 Å². The molecule has 0 aromatic heterocycles. The highest BCUT2D eigenvalue weighted by Crippen LogP contribution is 2.26. The van der Waals surface area contributed by atoms with Crippen LogP contribution in [0, 0.1) is 0 Å². The summed E-state index contributed by atoms with van der Waals surface area (Å²) in [7, 11) is 0. The van der Waals surface area contributed by atoms with Gasteiger partial charge in [-0.1, -0.05) is 258 Å². The summed E-state index contributed by atoms with van der Waals surface area (Å²) in [5.41, 5.74) is 0. The summed E-state index contributed by atoms with van der Waals surface area (Å²) in [5.74, 6) is -1.30. The molecule has 0 spiro atoms. The molecule has 0 aromatic carbocycles. The number of nitrogens with one attached hydrogen (secondary N) is 1. The van der Waals surface area contributed by atoms with Gasteiger partial charge in [-0.2, -0.15) is 0 Å². The molecule has 0 aromatic rings. The van der Waals surface area contributed by atoms with E-state index in [1.165, 1.54) is 96.3 Å². The van der Waals surface area contributed by atoms with Crippen molar-refractivity contribution < 1.29 is 49.3 Å². The maximum absolute atomic E-state index is 13.4. The highest BCUT2D eigenvalue weighted by molar-refractivity contribution is 5.81. The first-order valence-corrected chi connectivity index (χ1v) is 32.3. The molecule has 11 heteroatoms. The molecule has 6 N–H and O–H groups in total. The number of hydrogen-bond acceptors (Lipinski definition) is 10. The van der Waals surface area contributed by atoms with Gasteiger partial charge in [-0.05, 0) is 96.3 Å². The summed E-state index contributed by atoms with van der Waals surface area (Å²) in [5, 5.41) is 57.0. The van der Waals surface area contributed by atoms with Crippen LogP contribution >= 0.6 is 0 Å². The third-order valence-electron chi connectivity index (χ3n) is 14.4. The lowest BCUT2D eigenvalue weighted by molar-refractivity contribution is -0.305. The first-order valence-electron chi connectivity index (χ1n) is 32.3. The molecule has 0 bridgehead atoms. The lowest BCUT2D eigenvalue weighted by Gasteiger charge is -2.41. The second kappa shape index (κ2) is 56.5. The van der Waals surface area contributed by atoms with Crippen molar-refractivity contribution >= 4 is 11.9 Å². The van der Waals surface area contributed by atoms with E-state index in [1.807, 2.05) is 18.2 Å². The van der Waals surface area contributed by atoms with E-state index in [0.717, 1.165) is 103 Å². The normalized spacial score (nSPS) is 19.5. The van der Waals surface area contributed by atoms with Crippen LogP contribution in [0.1, 0.15) is 245 Å². The molecule has 8 atom stereocenters. The van der Waals surface area contributed by atoms with Gasteiger partial charge in [0.2, 0.25) is 5.91 Å². The predicted molar refractivity (Wildman–Crippen MR) is 338 cm³/mol. The number of ether oxygens (including phenoxy) is 3. The number of allylic oxidation sites excluding steroid dienone is 18. The van der Waals surface area contributed by atoms with Gasteiger partial charge in [0, 0.05) is 12.8 Å². The summed E-state index contributed by atoms with van der Waals surface area (Å²) >= 11 is 0. The van der Waals surface area contributed by atoms with Crippen molar-refractivity contribution in [2.75, 3.05) is 13.2 Å². The zero-order valence-corrected chi connectivity index (χ0v) is 51.1. The Morgan fingerprint density at radius 2 is 0.889 bits per heavy atom. The van der Waals surface area contributed by atoms with Gasteiger partial charge in [-0.3, -0.25) is 9.59 Å². The van der Waals surface area contributed by atoms with Crippen LogP contribution in [0.15, 0.2) is 122 Å². The second-order valence-corrected chi connectivity index (χ2v) is 21.8. The van der Waals surface area contributed by atoms with Gasteiger partial charge in [-0.25, -0.2) is 0 Å². The van der Waals surface area contributed by atoms with Crippen LogP contribution in [0.25, 0.3) is 0 Å². The minimum absolute atomic E-state index is 0.0513. The molecule has 1 aliphatic heterocycles. The van der Waals surface area contributed by atoms with E-state index >= 15 is 0 Å².